The van der Waals surface area contributed by atoms with Gasteiger partial charge < -0.3 is 9.47 Å². The van der Waals surface area contributed by atoms with Gasteiger partial charge in [0.1, 0.15) is 5.60 Å². The van der Waals surface area contributed by atoms with Gasteiger partial charge in [-0.25, -0.2) is 9.69 Å². The van der Waals surface area contributed by atoms with Gasteiger partial charge in [0.15, 0.2) is 0 Å². The summed E-state index contributed by atoms with van der Waals surface area (Å²) in [5, 5.41) is 0. The molecule has 0 unspecified atom stereocenters. The Morgan fingerprint density at radius 2 is 1.45 bits per heavy atom. The smallest absolute Gasteiger partial charge is 0.421 e. The molecule has 0 aliphatic heterocycles. The second-order valence-corrected chi connectivity index (χ2v) is 8.32. The Hall–Kier alpha value is -1.85. The lowest BCUT2D eigenvalue weighted by molar-refractivity contribution is -0.140. The van der Waals surface area contributed by atoms with Crippen molar-refractivity contribution in [3.63, 3.8) is 0 Å². The molecule has 0 saturated heterocycles. The fraction of sp³-hybridized carbons (Fsp3) is 0.783. The van der Waals surface area contributed by atoms with Gasteiger partial charge in [-0.15, -0.1) is 0 Å². The van der Waals surface area contributed by atoms with E-state index in [1.54, 1.807) is 26.8 Å². The van der Waals surface area contributed by atoms with Crippen LogP contribution >= 0.6 is 0 Å². The lowest BCUT2D eigenvalue weighted by Gasteiger charge is -2.24. The minimum absolute atomic E-state index is 0.255. The van der Waals surface area contributed by atoms with Gasteiger partial charge in [-0.05, 0) is 40.0 Å². The highest BCUT2D eigenvalue weighted by Crippen LogP contribution is 2.14. The van der Waals surface area contributed by atoms with Crippen LogP contribution in [0.5, 0.6) is 0 Å². The van der Waals surface area contributed by atoms with Crippen molar-refractivity contribution >= 4 is 18.0 Å². The maximum Gasteiger partial charge on any atom is 0.421 e. The van der Waals surface area contributed by atoms with Crippen LogP contribution in [0.4, 0.5) is 4.79 Å². The number of hydrogen-bond acceptors (Lipinski definition) is 5. The minimum Gasteiger partial charge on any atom is -0.469 e. The Kier molecular flexibility index (Phi) is 15.0. The van der Waals surface area contributed by atoms with Crippen LogP contribution < -0.4 is 0 Å². The maximum absolute atomic E-state index is 12.6. The van der Waals surface area contributed by atoms with E-state index in [4.69, 9.17) is 4.74 Å². The van der Waals surface area contributed by atoms with Crippen LogP contribution in [0.3, 0.4) is 0 Å². The third-order valence-electron chi connectivity index (χ3n) is 4.34. The molecule has 6 nitrogen and oxygen atoms in total. The summed E-state index contributed by atoms with van der Waals surface area (Å²) in [6, 6.07) is 0. The van der Waals surface area contributed by atoms with Crippen molar-refractivity contribution in [2.45, 2.75) is 110 Å². The molecule has 2 amide bonds. The van der Waals surface area contributed by atoms with E-state index in [2.05, 4.69) is 11.7 Å². The first-order chi connectivity index (χ1) is 13.7. The van der Waals surface area contributed by atoms with Gasteiger partial charge in [0.25, 0.3) is 0 Å². The van der Waals surface area contributed by atoms with Crippen molar-refractivity contribution in [1.82, 2.24) is 4.90 Å². The predicted octanol–water partition coefficient (Wildman–Crippen LogP) is 6.14. The first-order valence-electron chi connectivity index (χ1n) is 11.0. The van der Waals surface area contributed by atoms with Crippen LogP contribution in [-0.4, -0.2) is 35.6 Å². The quantitative estimate of drug-likeness (QED) is 0.254. The molecule has 0 atom stereocenters. The first-order valence-corrected chi connectivity index (χ1v) is 11.0. The van der Waals surface area contributed by atoms with E-state index in [9.17, 15) is 14.4 Å². The summed E-state index contributed by atoms with van der Waals surface area (Å²) in [4.78, 5) is 37.2. The van der Waals surface area contributed by atoms with E-state index in [0.717, 1.165) is 24.2 Å². The number of methoxy groups -OCH3 is 1. The molecule has 0 bridgehead atoms. The number of hydrogen-bond donors (Lipinski definition) is 0. The molecule has 6 heteroatoms. The summed E-state index contributed by atoms with van der Waals surface area (Å²) < 4.78 is 9.96. The number of carbonyl (C=O) groups is 3. The molecule has 0 fully saturated rings. The van der Waals surface area contributed by atoms with E-state index in [1.165, 1.54) is 45.4 Å². The number of imide groups is 1. The standard InChI is InChI=1S/C23H41NO5/c1-6-7-8-9-10-11-12-14-17-20(25)24(22(27)29-23(2,3)4)19-16-13-15-18-21(26)28-5/h16,19H,6-15,17-18H2,1-5H3/b19-16-. The zero-order chi connectivity index (χ0) is 22.1. The Balaban J connectivity index is 4.49. The molecule has 0 aromatic carbocycles. The molecule has 0 aliphatic rings. The van der Waals surface area contributed by atoms with Crippen LogP contribution in [0.25, 0.3) is 0 Å². The molecule has 0 heterocycles. The number of amides is 2. The third kappa shape index (κ3) is 15.7. The first kappa shape index (κ1) is 27.1. The Morgan fingerprint density at radius 1 is 0.862 bits per heavy atom. The third-order valence-corrected chi connectivity index (χ3v) is 4.34. The van der Waals surface area contributed by atoms with Gasteiger partial charge in [0.2, 0.25) is 5.91 Å². The fourth-order valence-electron chi connectivity index (χ4n) is 2.73. The summed E-state index contributed by atoms with van der Waals surface area (Å²) in [5.74, 6) is -0.525. The second kappa shape index (κ2) is 16.0. The summed E-state index contributed by atoms with van der Waals surface area (Å²) in [6.45, 7) is 7.51. The van der Waals surface area contributed by atoms with E-state index < -0.39 is 11.7 Å². The minimum atomic E-state index is -0.674. The summed E-state index contributed by atoms with van der Waals surface area (Å²) in [6.07, 6.45) is 13.4. The molecule has 0 aromatic rings. The molecule has 29 heavy (non-hydrogen) atoms. The monoisotopic (exact) mass is 411 g/mol. The highest BCUT2D eigenvalue weighted by atomic mass is 16.6. The number of ether oxygens (including phenoxy) is 2. The molecule has 0 saturated carbocycles. The molecular weight excluding hydrogens is 370 g/mol. The van der Waals surface area contributed by atoms with Gasteiger partial charge in [-0.2, -0.15) is 0 Å². The molecule has 0 radical (unpaired) electrons. The van der Waals surface area contributed by atoms with Crippen molar-refractivity contribution in [2.24, 2.45) is 0 Å². The van der Waals surface area contributed by atoms with Crippen molar-refractivity contribution in [3.05, 3.63) is 12.3 Å². The number of unbranched alkanes of at least 4 members (excludes halogenated alkanes) is 8. The summed E-state index contributed by atoms with van der Waals surface area (Å²) in [7, 11) is 1.35. The highest BCUT2D eigenvalue weighted by molar-refractivity contribution is 5.93. The molecule has 0 aliphatic carbocycles. The largest absolute Gasteiger partial charge is 0.469 e. The van der Waals surface area contributed by atoms with Gasteiger partial charge >= 0.3 is 12.1 Å². The van der Waals surface area contributed by atoms with E-state index in [1.807, 2.05) is 0 Å². The zero-order valence-corrected chi connectivity index (χ0v) is 19.1. The van der Waals surface area contributed by atoms with Crippen LogP contribution in [0, 0.1) is 0 Å². The molecule has 0 aromatic heterocycles. The van der Waals surface area contributed by atoms with Crippen molar-refractivity contribution in [2.75, 3.05) is 7.11 Å². The summed E-state index contributed by atoms with van der Waals surface area (Å²) >= 11 is 0. The number of rotatable bonds is 14. The Morgan fingerprint density at radius 3 is 2.00 bits per heavy atom. The van der Waals surface area contributed by atoms with E-state index >= 15 is 0 Å². The predicted molar refractivity (Wildman–Crippen MR) is 115 cm³/mol. The fourth-order valence-corrected chi connectivity index (χ4v) is 2.73. The van der Waals surface area contributed by atoms with Gasteiger partial charge in [0.05, 0.1) is 7.11 Å². The topological polar surface area (TPSA) is 72.9 Å². The molecule has 0 spiro atoms. The molecule has 0 N–H and O–H groups in total. The second-order valence-electron chi connectivity index (χ2n) is 8.32. The normalized spacial score (nSPS) is 11.5. The van der Waals surface area contributed by atoms with Gasteiger partial charge in [-0.1, -0.05) is 57.9 Å². The SMILES string of the molecule is CCCCCCCCCCC(=O)N(/C=C\CCCC(=O)OC)C(=O)OC(C)(C)C. The van der Waals surface area contributed by atoms with E-state index in [0.29, 0.717) is 25.7 Å². The van der Waals surface area contributed by atoms with E-state index in [-0.39, 0.29) is 11.9 Å². The molecular formula is C23H41NO5. The van der Waals surface area contributed by atoms with Gasteiger partial charge in [-0.3, -0.25) is 9.59 Å². The number of esters is 1. The highest BCUT2D eigenvalue weighted by Gasteiger charge is 2.25. The number of carbonyl (C=O) groups excluding carboxylic acids is 3. The number of allylic oxidation sites excluding steroid dienone is 1. The van der Waals surface area contributed by atoms with Crippen LogP contribution in [-0.2, 0) is 19.1 Å². The number of nitrogens with zero attached hydrogens (tertiary/aromatic N) is 1. The van der Waals surface area contributed by atoms with Crippen LogP contribution in [0.15, 0.2) is 12.3 Å². The lowest BCUT2D eigenvalue weighted by atomic mass is 10.1. The van der Waals surface area contributed by atoms with Gasteiger partial charge in [0, 0.05) is 19.0 Å². The van der Waals surface area contributed by atoms with Crippen LogP contribution in [0.1, 0.15) is 105 Å². The average Bonchev–Trinajstić information content (AvgIpc) is 2.64. The molecule has 168 valence electrons. The molecule has 0 rings (SSSR count). The maximum atomic E-state index is 12.6. The van der Waals surface area contributed by atoms with Crippen molar-refractivity contribution in [3.8, 4) is 0 Å². The zero-order valence-electron chi connectivity index (χ0n) is 19.1. The van der Waals surface area contributed by atoms with Crippen LogP contribution in [0.2, 0.25) is 0 Å². The Labute approximate surface area is 177 Å². The Bertz CT molecular complexity index is 508. The lowest BCUT2D eigenvalue weighted by Crippen LogP contribution is -2.37. The average molecular weight is 412 g/mol. The summed E-state index contributed by atoms with van der Waals surface area (Å²) in [5.41, 5.74) is -0.674. The van der Waals surface area contributed by atoms with Crippen molar-refractivity contribution < 1.29 is 23.9 Å². The van der Waals surface area contributed by atoms with Crippen molar-refractivity contribution in [1.29, 1.82) is 0 Å².